The molecule has 12 heteroatoms. The van der Waals surface area contributed by atoms with Crippen LogP contribution >= 0.6 is 11.8 Å². The third-order valence-electron chi connectivity index (χ3n) is 9.46. The van der Waals surface area contributed by atoms with Crippen molar-refractivity contribution in [3.8, 4) is 0 Å². The lowest BCUT2D eigenvalue weighted by atomic mass is 10.0. The van der Waals surface area contributed by atoms with E-state index in [1.54, 1.807) is 16.8 Å². The van der Waals surface area contributed by atoms with E-state index in [0.717, 1.165) is 30.6 Å². The van der Waals surface area contributed by atoms with Gasteiger partial charge in [-0.2, -0.15) is 0 Å². The maximum Gasteiger partial charge on any atom is 0.327 e. The van der Waals surface area contributed by atoms with Gasteiger partial charge in [0.2, 0.25) is 11.8 Å². The number of hydrogen-bond donors (Lipinski definition) is 1. The van der Waals surface area contributed by atoms with Gasteiger partial charge in [0.15, 0.2) is 5.65 Å². The van der Waals surface area contributed by atoms with Crippen LogP contribution in [0.1, 0.15) is 71.8 Å². The summed E-state index contributed by atoms with van der Waals surface area (Å²) in [6, 6.07) is 8.85. The largest absolute Gasteiger partial charge is 0.366 e. The minimum Gasteiger partial charge on any atom is -0.366 e. The second-order valence-electron chi connectivity index (χ2n) is 13.3. The molecule has 3 aliphatic rings. The fourth-order valence-electron chi connectivity index (χ4n) is 7.08. The standard InChI is InChI=1S/C33H44FN7O3S.H2/c1-5-14-40-30(43)26(21-27(42)37-15-11-22(12-16-37)41-25-10-7-13-35-29(25)36-32(41)44)45-31(40)23-8-6-9-24(34)28(23)38-17-19-39(20-18-38)33(2,3)4;/h6-10,13,22,26,31H,5,11-12,14-21H2,1-4H3,(H,35,36,44);1H/t26-,31?;/m0./s1. The number of likely N-dealkylation sites (tertiary alicyclic amines) is 1. The van der Waals surface area contributed by atoms with E-state index in [4.69, 9.17) is 0 Å². The lowest BCUT2D eigenvalue weighted by Crippen LogP contribution is -2.53. The Bertz CT molecular complexity index is 1610. The molecule has 0 saturated carbocycles. The number of thioether (sulfide) groups is 1. The molecule has 2 amide bonds. The monoisotopic (exact) mass is 639 g/mol. The molecule has 2 aromatic heterocycles. The molecule has 3 saturated heterocycles. The molecule has 45 heavy (non-hydrogen) atoms. The molecular weight excluding hydrogens is 593 g/mol. The Morgan fingerprint density at radius 1 is 1.07 bits per heavy atom. The third-order valence-corrected chi connectivity index (χ3v) is 10.9. The summed E-state index contributed by atoms with van der Waals surface area (Å²) in [6.07, 6.45) is 3.84. The van der Waals surface area contributed by atoms with Crippen LogP contribution in [0.3, 0.4) is 0 Å². The number of H-pyrrole nitrogens is 1. The van der Waals surface area contributed by atoms with E-state index in [-0.39, 0.29) is 48.1 Å². The van der Waals surface area contributed by atoms with Gasteiger partial charge in [0, 0.05) is 77.0 Å². The number of fused-ring (bicyclic) bond motifs is 1. The Morgan fingerprint density at radius 3 is 2.49 bits per heavy atom. The van der Waals surface area contributed by atoms with Crippen LogP contribution in [0.4, 0.5) is 10.1 Å². The molecule has 3 fully saturated rings. The molecule has 244 valence electrons. The predicted octanol–water partition coefficient (Wildman–Crippen LogP) is 4.64. The van der Waals surface area contributed by atoms with E-state index in [9.17, 15) is 14.4 Å². The first kappa shape index (κ1) is 31.6. The molecule has 0 spiro atoms. The zero-order valence-corrected chi connectivity index (χ0v) is 27.5. The quantitative estimate of drug-likeness (QED) is 0.403. The van der Waals surface area contributed by atoms with Crippen LogP contribution in [0.5, 0.6) is 0 Å². The van der Waals surface area contributed by atoms with E-state index in [0.29, 0.717) is 56.9 Å². The number of para-hydroxylation sites is 1. The minimum atomic E-state index is -0.525. The first-order valence-electron chi connectivity index (χ1n) is 16.1. The van der Waals surface area contributed by atoms with Crippen molar-refractivity contribution >= 4 is 40.4 Å². The highest BCUT2D eigenvalue weighted by molar-refractivity contribution is 8.01. The number of carbonyl (C=O) groups excluding carboxylic acids is 2. The highest BCUT2D eigenvalue weighted by Gasteiger charge is 2.44. The number of anilines is 1. The number of aromatic amines is 1. The van der Waals surface area contributed by atoms with Crippen molar-refractivity contribution in [2.45, 2.75) is 75.6 Å². The molecule has 1 aromatic carbocycles. The van der Waals surface area contributed by atoms with Crippen molar-refractivity contribution in [1.82, 2.24) is 29.2 Å². The molecular formula is C33H46FN7O3S. The maximum absolute atomic E-state index is 15.6. The minimum absolute atomic E-state index is 0. The van der Waals surface area contributed by atoms with Crippen LogP contribution in [-0.4, -0.2) is 97.7 Å². The summed E-state index contributed by atoms with van der Waals surface area (Å²) >= 11 is 1.47. The van der Waals surface area contributed by atoms with E-state index in [2.05, 4.69) is 40.5 Å². The zero-order valence-electron chi connectivity index (χ0n) is 26.7. The van der Waals surface area contributed by atoms with Gasteiger partial charge >= 0.3 is 5.69 Å². The fraction of sp³-hybridized carbons (Fsp3) is 0.576. The third kappa shape index (κ3) is 6.23. The number of piperazine rings is 1. The summed E-state index contributed by atoms with van der Waals surface area (Å²) in [5, 5.41) is -0.877. The number of imidazole rings is 1. The SMILES string of the molecule is CCCN1C(=O)[C@H](CC(=O)N2CCC(n3c(=O)[nH]c4ncccc43)CC2)SC1c1cccc(F)c1N1CCN(C(C)(C)C)CC1.[HH]. The molecule has 2 atom stereocenters. The summed E-state index contributed by atoms with van der Waals surface area (Å²) in [7, 11) is 0. The van der Waals surface area contributed by atoms with Crippen LogP contribution in [0, 0.1) is 5.82 Å². The van der Waals surface area contributed by atoms with E-state index < -0.39 is 5.25 Å². The van der Waals surface area contributed by atoms with Gasteiger partial charge in [-0.3, -0.25) is 24.0 Å². The summed E-state index contributed by atoms with van der Waals surface area (Å²) < 4.78 is 17.3. The lowest BCUT2D eigenvalue weighted by Gasteiger charge is -2.43. The normalized spacial score (nSPS) is 22.2. The zero-order chi connectivity index (χ0) is 31.9. The number of nitrogens with zero attached hydrogens (tertiary/aromatic N) is 6. The number of halogens is 1. The first-order valence-corrected chi connectivity index (χ1v) is 17.1. The van der Waals surface area contributed by atoms with Gasteiger partial charge in [-0.25, -0.2) is 14.2 Å². The van der Waals surface area contributed by atoms with Gasteiger partial charge < -0.3 is 14.7 Å². The van der Waals surface area contributed by atoms with E-state index in [1.807, 2.05) is 34.9 Å². The summed E-state index contributed by atoms with van der Waals surface area (Å²) in [5.74, 6) is -0.378. The van der Waals surface area contributed by atoms with Crippen LogP contribution < -0.4 is 10.6 Å². The number of benzene rings is 1. The number of rotatable bonds is 7. The van der Waals surface area contributed by atoms with Gasteiger partial charge in [0.1, 0.15) is 11.2 Å². The van der Waals surface area contributed by atoms with Crippen LogP contribution in [0.25, 0.3) is 11.2 Å². The first-order chi connectivity index (χ1) is 21.6. The summed E-state index contributed by atoms with van der Waals surface area (Å²) in [5.41, 5.74) is 2.59. The molecule has 0 bridgehead atoms. The Morgan fingerprint density at radius 2 is 1.80 bits per heavy atom. The second kappa shape index (κ2) is 12.8. The number of nitrogens with one attached hydrogen (secondary N) is 1. The molecule has 10 nitrogen and oxygen atoms in total. The van der Waals surface area contributed by atoms with Gasteiger partial charge in [-0.15, -0.1) is 11.8 Å². The van der Waals surface area contributed by atoms with Gasteiger partial charge in [-0.1, -0.05) is 19.1 Å². The Labute approximate surface area is 269 Å². The topological polar surface area (TPSA) is 97.8 Å². The van der Waals surface area contributed by atoms with Crippen molar-refractivity contribution in [3.63, 3.8) is 0 Å². The van der Waals surface area contributed by atoms with Crippen molar-refractivity contribution in [2.24, 2.45) is 0 Å². The highest BCUT2D eigenvalue weighted by Crippen LogP contribution is 2.48. The predicted molar refractivity (Wildman–Crippen MR) is 178 cm³/mol. The van der Waals surface area contributed by atoms with Crippen LogP contribution in [-0.2, 0) is 9.59 Å². The molecule has 0 radical (unpaired) electrons. The van der Waals surface area contributed by atoms with Crippen LogP contribution in [0.2, 0.25) is 0 Å². The Balaban J connectivity index is 0.00000417. The molecule has 5 heterocycles. The summed E-state index contributed by atoms with van der Waals surface area (Å²) in [4.78, 5) is 55.3. The van der Waals surface area contributed by atoms with Gasteiger partial charge in [0.25, 0.3) is 0 Å². The van der Waals surface area contributed by atoms with Crippen molar-refractivity contribution in [3.05, 3.63) is 58.4 Å². The van der Waals surface area contributed by atoms with Crippen molar-refractivity contribution in [1.29, 1.82) is 0 Å². The number of hydrogen-bond acceptors (Lipinski definition) is 7. The molecule has 1 unspecified atom stereocenters. The highest BCUT2D eigenvalue weighted by atomic mass is 32.2. The van der Waals surface area contributed by atoms with E-state index in [1.165, 1.54) is 17.8 Å². The Kier molecular flexibility index (Phi) is 8.98. The summed E-state index contributed by atoms with van der Waals surface area (Å²) in [6.45, 7) is 13.3. The van der Waals surface area contributed by atoms with Crippen molar-refractivity contribution in [2.75, 3.05) is 50.7 Å². The van der Waals surface area contributed by atoms with Crippen molar-refractivity contribution < 1.29 is 15.4 Å². The number of aromatic nitrogens is 3. The Hall–Kier alpha value is -3.38. The number of carbonyl (C=O) groups is 2. The van der Waals surface area contributed by atoms with Gasteiger partial charge in [0.05, 0.1) is 16.5 Å². The number of pyridine rings is 1. The lowest BCUT2D eigenvalue weighted by molar-refractivity contribution is -0.136. The van der Waals surface area contributed by atoms with Crippen LogP contribution in [0.15, 0.2) is 41.3 Å². The molecule has 0 aliphatic carbocycles. The molecule has 1 N–H and O–H groups in total. The molecule has 3 aromatic rings. The number of piperidine rings is 1. The smallest absolute Gasteiger partial charge is 0.327 e. The van der Waals surface area contributed by atoms with E-state index >= 15 is 4.39 Å². The average Bonchev–Trinajstić information content (AvgIpc) is 3.52. The average molecular weight is 640 g/mol. The fourth-order valence-corrected chi connectivity index (χ4v) is 8.58. The molecule has 3 aliphatic heterocycles. The number of amides is 2. The second-order valence-corrected chi connectivity index (χ2v) is 14.6. The maximum atomic E-state index is 15.6. The van der Waals surface area contributed by atoms with Gasteiger partial charge in [-0.05, 0) is 58.2 Å². The molecule has 6 rings (SSSR count).